The van der Waals surface area contributed by atoms with Crippen molar-refractivity contribution in [1.82, 2.24) is 10.2 Å². The Bertz CT molecular complexity index is 463. The molecule has 2 fully saturated rings. The highest BCUT2D eigenvalue weighted by Crippen LogP contribution is 2.32. The van der Waals surface area contributed by atoms with Gasteiger partial charge in [-0.15, -0.1) is 0 Å². The summed E-state index contributed by atoms with van der Waals surface area (Å²) in [5.74, 6) is 0.150. The molecule has 2 heterocycles. The van der Waals surface area contributed by atoms with E-state index in [9.17, 15) is 14.7 Å². The van der Waals surface area contributed by atoms with Crippen molar-refractivity contribution in [1.29, 1.82) is 0 Å². The number of rotatable bonds is 0. The molecule has 5 nitrogen and oxygen atoms in total. The zero-order chi connectivity index (χ0) is 15.5. The van der Waals surface area contributed by atoms with Gasteiger partial charge in [0.15, 0.2) is 0 Å². The van der Waals surface area contributed by atoms with Gasteiger partial charge in [-0.2, -0.15) is 0 Å². The first-order valence-corrected chi connectivity index (χ1v) is 8.62. The highest BCUT2D eigenvalue weighted by molar-refractivity contribution is 5.90. The molecule has 0 spiro atoms. The van der Waals surface area contributed by atoms with Crippen molar-refractivity contribution in [2.24, 2.45) is 5.92 Å². The average molecular weight is 306 g/mol. The zero-order valence-corrected chi connectivity index (χ0v) is 13.0. The first-order chi connectivity index (χ1) is 10.7. The molecule has 0 aromatic heterocycles. The van der Waals surface area contributed by atoms with Crippen LogP contribution < -0.4 is 5.32 Å². The zero-order valence-electron chi connectivity index (χ0n) is 13.0. The molecule has 3 aliphatic rings. The third-order valence-electron chi connectivity index (χ3n) is 5.02. The van der Waals surface area contributed by atoms with Gasteiger partial charge >= 0.3 is 0 Å². The fourth-order valence-electron chi connectivity index (χ4n) is 3.54. The van der Waals surface area contributed by atoms with Crippen molar-refractivity contribution in [3.63, 3.8) is 0 Å². The number of carbonyl (C=O) groups is 2. The van der Waals surface area contributed by atoms with Crippen molar-refractivity contribution < 1.29 is 14.7 Å². The lowest BCUT2D eigenvalue weighted by Crippen LogP contribution is -2.49. The predicted molar refractivity (Wildman–Crippen MR) is 83.0 cm³/mol. The second-order valence-corrected chi connectivity index (χ2v) is 6.79. The van der Waals surface area contributed by atoms with Crippen LogP contribution >= 0.6 is 0 Å². The third kappa shape index (κ3) is 3.51. The molecule has 0 bridgehead atoms. The summed E-state index contributed by atoms with van der Waals surface area (Å²) in [5, 5.41) is 13.2. The number of nitrogens with one attached hydrogen (secondary N) is 1. The summed E-state index contributed by atoms with van der Waals surface area (Å²) in [4.78, 5) is 26.4. The molecule has 2 N–H and O–H groups in total. The molecule has 4 atom stereocenters. The molecule has 3 unspecified atom stereocenters. The summed E-state index contributed by atoms with van der Waals surface area (Å²) in [5.41, 5.74) is 0. The molecule has 2 amide bonds. The Morgan fingerprint density at radius 3 is 2.86 bits per heavy atom. The van der Waals surface area contributed by atoms with E-state index in [-0.39, 0.29) is 17.9 Å². The fourth-order valence-corrected chi connectivity index (χ4v) is 3.54. The Labute approximate surface area is 131 Å². The average Bonchev–Trinajstić information content (AvgIpc) is 3.04. The summed E-state index contributed by atoms with van der Waals surface area (Å²) >= 11 is 0. The molecule has 0 aromatic carbocycles. The van der Waals surface area contributed by atoms with E-state index in [1.165, 1.54) is 0 Å². The highest BCUT2D eigenvalue weighted by Gasteiger charge is 2.41. The third-order valence-corrected chi connectivity index (χ3v) is 5.02. The lowest BCUT2D eigenvalue weighted by molar-refractivity contribution is -0.145. The molecule has 2 aliphatic heterocycles. The van der Waals surface area contributed by atoms with Gasteiger partial charge in [-0.1, -0.05) is 25.0 Å². The number of nitrogens with zero attached hydrogens (tertiary/aromatic N) is 1. The first-order valence-electron chi connectivity index (χ1n) is 8.62. The summed E-state index contributed by atoms with van der Waals surface area (Å²) in [6, 6.07) is -0.158. The van der Waals surface area contributed by atoms with Gasteiger partial charge in [0.2, 0.25) is 5.91 Å². The Morgan fingerprint density at radius 1 is 1.14 bits per heavy atom. The van der Waals surface area contributed by atoms with Crippen molar-refractivity contribution in [2.45, 2.75) is 69.6 Å². The molecular weight excluding hydrogens is 280 g/mol. The van der Waals surface area contributed by atoms with Crippen LogP contribution in [0.4, 0.5) is 0 Å². The number of carbonyl (C=O) groups excluding carboxylic acids is 2. The normalized spacial score (nSPS) is 38.3. The standard InChI is InChI=1S/C17H26N2O3/c20-15-9-5-3-1-2-4-7-12-11-13(12)18-16(21)14-8-6-10-19(14)17(15)22/h4,7,12-15,20H,1-3,5-6,8-11H2,(H,18,21)/b7-4-/t12-,13?,14?,15?/m1/s1. The molecule has 122 valence electrons. The van der Waals surface area contributed by atoms with E-state index in [0.29, 0.717) is 25.3 Å². The van der Waals surface area contributed by atoms with Gasteiger partial charge in [-0.3, -0.25) is 9.59 Å². The van der Waals surface area contributed by atoms with Gasteiger partial charge in [0.1, 0.15) is 12.1 Å². The number of fused-ring (bicyclic) bond motifs is 2. The second-order valence-electron chi connectivity index (χ2n) is 6.79. The summed E-state index contributed by atoms with van der Waals surface area (Å²) in [6.07, 6.45) is 10.5. The minimum atomic E-state index is -0.956. The SMILES string of the molecule is O=C1NC2C[C@H]2/C=C\CCCCCC(O)C(=O)N2CCCC12. The lowest BCUT2D eigenvalue weighted by atomic mass is 10.1. The number of hydrogen-bond acceptors (Lipinski definition) is 3. The molecular formula is C17H26N2O3. The van der Waals surface area contributed by atoms with E-state index in [1.807, 2.05) is 0 Å². The molecule has 3 rings (SSSR count). The summed E-state index contributed by atoms with van der Waals surface area (Å²) in [7, 11) is 0. The van der Waals surface area contributed by atoms with Crippen LogP contribution in [-0.2, 0) is 9.59 Å². The molecule has 1 aliphatic carbocycles. The minimum absolute atomic E-state index is 0.0474. The van der Waals surface area contributed by atoms with Crippen LogP contribution in [0.2, 0.25) is 0 Å². The Morgan fingerprint density at radius 2 is 2.00 bits per heavy atom. The summed E-state index contributed by atoms with van der Waals surface area (Å²) < 4.78 is 0. The van der Waals surface area contributed by atoms with Gasteiger partial charge in [-0.25, -0.2) is 0 Å². The molecule has 0 radical (unpaired) electrons. The van der Waals surface area contributed by atoms with Crippen LogP contribution in [0.15, 0.2) is 12.2 Å². The highest BCUT2D eigenvalue weighted by atomic mass is 16.3. The van der Waals surface area contributed by atoms with Crippen LogP contribution in [0.25, 0.3) is 0 Å². The van der Waals surface area contributed by atoms with Crippen molar-refractivity contribution >= 4 is 11.8 Å². The number of aliphatic hydroxyl groups is 1. The van der Waals surface area contributed by atoms with Gasteiger partial charge in [0.05, 0.1) is 0 Å². The molecule has 1 saturated heterocycles. The molecule has 1 saturated carbocycles. The Hall–Kier alpha value is -1.36. The van der Waals surface area contributed by atoms with Gasteiger partial charge < -0.3 is 15.3 Å². The van der Waals surface area contributed by atoms with Crippen LogP contribution in [0.3, 0.4) is 0 Å². The van der Waals surface area contributed by atoms with Crippen molar-refractivity contribution in [3.8, 4) is 0 Å². The fraction of sp³-hybridized carbons (Fsp3) is 0.765. The first kappa shape index (κ1) is 15.5. The number of allylic oxidation sites excluding steroid dienone is 1. The summed E-state index contributed by atoms with van der Waals surface area (Å²) in [6.45, 7) is 0.585. The number of aliphatic hydroxyl groups excluding tert-OH is 1. The molecule has 22 heavy (non-hydrogen) atoms. The van der Waals surface area contributed by atoms with E-state index in [4.69, 9.17) is 0 Å². The lowest BCUT2D eigenvalue weighted by Gasteiger charge is -2.26. The predicted octanol–water partition coefficient (Wildman–Crippen LogP) is 1.36. The van der Waals surface area contributed by atoms with Crippen LogP contribution in [0.1, 0.15) is 51.4 Å². The van der Waals surface area contributed by atoms with Crippen molar-refractivity contribution in [3.05, 3.63) is 12.2 Å². The maximum absolute atomic E-state index is 12.4. The maximum atomic E-state index is 12.4. The van der Waals surface area contributed by atoms with E-state index >= 15 is 0 Å². The van der Waals surface area contributed by atoms with Gasteiger partial charge in [0.25, 0.3) is 5.91 Å². The topological polar surface area (TPSA) is 69.6 Å². The second kappa shape index (κ2) is 6.82. The minimum Gasteiger partial charge on any atom is -0.383 e. The van der Waals surface area contributed by atoms with E-state index in [1.54, 1.807) is 4.90 Å². The Kier molecular flexibility index (Phi) is 4.81. The monoisotopic (exact) mass is 306 g/mol. The van der Waals surface area contributed by atoms with Crippen LogP contribution in [-0.4, -0.2) is 46.6 Å². The van der Waals surface area contributed by atoms with Gasteiger partial charge in [-0.05, 0) is 44.4 Å². The van der Waals surface area contributed by atoms with E-state index < -0.39 is 12.1 Å². The quantitative estimate of drug-likeness (QED) is 0.664. The van der Waals surface area contributed by atoms with E-state index in [2.05, 4.69) is 17.5 Å². The van der Waals surface area contributed by atoms with E-state index in [0.717, 1.165) is 38.5 Å². The van der Waals surface area contributed by atoms with Gasteiger partial charge in [0, 0.05) is 12.6 Å². The molecule has 5 heteroatoms. The largest absolute Gasteiger partial charge is 0.383 e. The number of amides is 2. The van der Waals surface area contributed by atoms with Crippen LogP contribution in [0, 0.1) is 5.92 Å². The smallest absolute Gasteiger partial charge is 0.252 e. The van der Waals surface area contributed by atoms with Crippen molar-refractivity contribution in [2.75, 3.05) is 6.54 Å². The van der Waals surface area contributed by atoms with Crippen LogP contribution in [0.5, 0.6) is 0 Å². The Balaban J connectivity index is 1.69. The number of hydrogen-bond donors (Lipinski definition) is 2. The maximum Gasteiger partial charge on any atom is 0.252 e. The molecule has 0 aromatic rings.